The van der Waals surface area contributed by atoms with Gasteiger partial charge in [0.1, 0.15) is 0 Å². The Morgan fingerprint density at radius 2 is 1.67 bits per heavy atom. The van der Waals surface area contributed by atoms with Crippen molar-refractivity contribution in [2.24, 2.45) is 5.92 Å². The van der Waals surface area contributed by atoms with E-state index in [1.54, 1.807) is 0 Å². The third-order valence-corrected chi connectivity index (χ3v) is 8.41. The Hall–Kier alpha value is -1.01. The third-order valence-electron chi connectivity index (χ3n) is 6.32. The summed E-state index contributed by atoms with van der Waals surface area (Å²) in [5.41, 5.74) is 0.751. The van der Waals surface area contributed by atoms with Crippen LogP contribution in [0.4, 0.5) is 0 Å². The Morgan fingerprint density at radius 1 is 1.00 bits per heavy atom. The molecule has 3 fully saturated rings. The Bertz CT molecular complexity index is 695. The summed E-state index contributed by atoms with van der Waals surface area (Å²) in [7, 11) is 0. The van der Waals surface area contributed by atoms with E-state index in [-0.39, 0.29) is 16.7 Å². The number of hydrogen-bond acceptors (Lipinski definition) is 3. The van der Waals surface area contributed by atoms with Gasteiger partial charge >= 0.3 is 0 Å². The van der Waals surface area contributed by atoms with E-state index < -0.39 is 0 Å². The Balaban J connectivity index is 1.42. The van der Waals surface area contributed by atoms with Gasteiger partial charge in [-0.05, 0) is 49.9 Å². The highest BCUT2D eigenvalue weighted by atomic mass is 79.9. The number of rotatable bonds is 2. The molecule has 2 aliphatic heterocycles. The summed E-state index contributed by atoms with van der Waals surface area (Å²) in [6, 6.07) is 7.64. The molecular formula is C21H27BrN2O2S. The van der Waals surface area contributed by atoms with Crippen LogP contribution in [0.15, 0.2) is 28.7 Å². The second kappa shape index (κ2) is 8.16. The van der Waals surface area contributed by atoms with E-state index in [1.807, 2.05) is 36.0 Å². The van der Waals surface area contributed by atoms with Crippen LogP contribution in [0.1, 0.15) is 55.3 Å². The maximum absolute atomic E-state index is 13.1. The molecule has 0 aromatic heterocycles. The third kappa shape index (κ3) is 3.93. The van der Waals surface area contributed by atoms with Crippen molar-refractivity contribution < 1.29 is 9.59 Å². The number of likely N-dealkylation sites (tertiary alicyclic amines) is 1. The highest BCUT2D eigenvalue weighted by Gasteiger charge is 2.47. The van der Waals surface area contributed by atoms with Crippen LogP contribution in [-0.4, -0.2) is 51.9 Å². The van der Waals surface area contributed by atoms with E-state index in [1.165, 1.54) is 19.3 Å². The molecule has 0 N–H and O–H groups in total. The van der Waals surface area contributed by atoms with E-state index >= 15 is 0 Å². The number of piperidine rings is 1. The molecule has 27 heavy (non-hydrogen) atoms. The lowest BCUT2D eigenvalue weighted by atomic mass is 9.87. The molecule has 2 heterocycles. The predicted octanol–water partition coefficient (Wildman–Crippen LogP) is 4.54. The van der Waals surface area contributed by atoms with Crippen LogP contribution in [0.2, 0.25) is 0 Å². The largest absolute Gasteiger partial charge is 0.342 e. The normalized spacial score (nSPS) is 23.0. The molecule has 1 spiro atoms. The monoisotopic (exact) mass is 450 g/mol. The molecule has 1 aromatic carbocycles. The summed E-state index contributed by atoms with van der Waals surface area (Å²) < 4.78 is 0.985. The van der Waals surface area contributed by atoms with Crippen LogP contribution < -0.4 is 0 Å². The quantitative estimate of drug-likeness (QED) is 0.663. The summed E-state index contributed by atoms with van der Waals surface area (Å²) in [6.07, 6.45) is 7.55. The van der Waals surface area contributed by atoms with Crippen molar-refractivity contribution in [1.82, 2.24) is 9.80 Å². The fourth-order valence-corrected chi connectivity index (χ4v) is 6.46. The number of carbonyl (C=O) groups is 2. The highest BCUT2D eigenvalue weighted by Crippen LogP contribution is 2.45. The van der Waals surface area contributed by atoms with E-state index in [4.69, 9.17) is 0 Å². The first-order valence-corrected chi connectivity index (χ1v) is 11.9. The molecule has 0 radical (unpaired) electrons. The van der Waals surface area contributed by atoms with Crippen molar-refractivity contribution in [3.05, 3.63) is 34.3 Å². The van der Waals surface area contributed by atoms with Crippen LogP contribution >= 0.6 is 27.7 Å². The minimum absolute atomic E-state index is 0.125. The Kier molecular flexibility index (Phi) is 5.83. The maximum atomic E-state index is 13.1. The van der Waals surface area contributed by atoms with Crippen molar-refractivity contribution in [2.45, 2.75) is 49.8 Å². The van der Waals surface area contributed by atoms with Crippen LogP contribution in [0.25, 0.3) is 0 Å². The summed E-state index contributed by atoms with van der Waals surface area (Å²) in [5.74, 6) is 1.71. The van der Waals surface area contributed by atoms with Gasteiger partial charge in [0.15, 0.2) is 0 Å². The standard InChI is InChI=1S/C21H27BrN2O2S/c22-18-8-6-17(7-9-18)20(26)24-14-15-27-21(24)10-12-23(13-11-21)19(25)16-4-2-1-3-5-16/h6-9,16H,1-5,10-15H2. The van der Waals surface area contributed by atoms with Crippen molar-refractivity contribution in [3.63, 3.8) is 0 Å². The van der Waals surface area contributed by atoms with Gasteiger partial charge in [0.2, 0.25) is 5.91 Å². The van der Waals surface area contributed by atoms with Gasteiger partial charge in [0.25, 0.3) is 5.91 Å². The summed E-state index contributed by atoms with van der Waals surface area (Å²) in [4.78, 5) is 30.0. The number of carbonyl (C=O) groups excluding carboxylic acids is 2. The zero-order valence-corrected chi connectivity index (χ0v) is 18.1. The molecule has 4 nitrogen and oxygen atoms in total. The minimum Gasteiger partial charge on any atom is -0.342 e. The zero-order valence-electron chi connectivity index (χ0n) is 15.7. The maximum Gasteiger partial charge on any atom is 0.254 e. The molecule has 2 saturated heterocycles. The van der Waals surface area contributed by atoms with E-state index in [0.717, 1.165) is 61.1 Å². The summed E-state index contributed by atoms with van der Waals surface area (Å²) in [6.45, 7) is 2.37. The number of amides is 2. The average Bonchev–Trinajstić information content (AvgIpc) is 3.11. The molecule has 6 heteroatoms. The van der Waals surface area contributed by atoms with E-state index in [2.05, 4.69) is 25.7 Å². The highest BCUT2D eigenvalue weighted by molar-refractivity contribution is 9.10. The van der Waals surface area contributed by atoms with Crippen molar-refractivity contribution in [2.75, 3.05) is 25.4 Å². The molecule has 1 aliphatic carbocycles. The fourth-order valence-electron chi connectivity index (χ4n) is 4.74. The lowest BCUT2D eigenvalue weighted by Gasteiger charge is -2.45. The van der Waals surface area contributed by atoms with Gasteiger partial charge in [0, 0.05) is 41.3 Å². The fraction of sp³-hybridized carbons (Fsp3) is 0.619. The summed E-state index contributed by atoms with van der Waals surface area (Å²) in [5, 5.41) is 0. The molecule has 1 aromatic rings. The van der Waals surface area contributed by atoms with Gasteiger partial charge in [-0.25, -0.2) is 0 Å². The number of thioether (sulfide) groups is 1. The van der Waals surface area contributed by atoms with E-state index in [9.17, 15) is 9.59 Å². The number of halogens is 1. The van der Waals surface area contributed by atoms with Gasteiger partial charge in [0.05, 0.1) is 4.87 Å². The van der Waals surface area contributed by atoms with Gasteiger partial charge in [-0.3, -0.25) is 9.59 Å². The first-order valence-electron chi connectivity index (χ1n) is 10.1. The van der Waals surface area contributed by atoms with Crippen LogP contribution in [0.3, 0.4) is 0 Å². The Morgan fingerprint density at radius 3 is 2.33 bits per heavy atom. The van der Waals surface area contributed by atoms with Crippen molar-refractivity contribution in [3.8, 4) is 0 Å². The second-order valence-electron chi connectivity index (χ2n) is 7.92. The van der Waals surface area contributed by atoms with Gasteiger partial charge in [-0.15, -0.1) is 11.8 Å². The lowest BCUT2D eigenvalue weighted by Crippen LogP contribution is -2.54. The SMILES string of the molecule is O=C(C1CCCCC1)N1CCC2(CC1)SCCN2C(=O)c1ccc(Br)cc1. The van der Waals surface area contributed by atoms with Crippen molar-refractivity contribution in [1.29, 1.82) is 0 Å². The number of benzene rings is 1. The smallest absolute Gasteiger partial charge is 0.254 e. The van der Waals surface area contributed by atoms with Gasteiger partial charge < -0.3 is 9.80 Å². The molecule has 2 amide bonds. The summed E-state index contributed by atoms with van der Waals surface area (Å²) >= 11 is 5.34. The molecule has 3 aliphatic rings. The minimum atomic E-state index is -0.131. The number of hydrogen-bond donors (Lipinski definition) is 0. The van der Waals surface area contributed by atoms with Crippen molar-refractivity contribution >= 4 is 39.5 Å². The van der Waals surface area contributed by atoms with Crippen LogP contribution in [-0.2, 0) is 4.79 Å². The van der Waals surface area contributed by atoms with E-state index in [0.29, 0.717) is 5.91 Å². The molecule has 4 rings (SSSR count). The van der Waals surface area contributed by atoms with Crippen LogP contribution in [0.5, 0.6) is 0 Å². The Labute approximate surface area is 174 Å². The first-order chi connectivity index (χ1) is 13.1. The molecule has 1 saturated carbocycles. The molecular weight excluding hydrogens is 424 g/mol. The molecule has 146 valence electrons. The van der Waals surface area contributed by atoms with Crippen LogP contribution in [0, 0.1) is 5.92 Å². The molecule has 0 bridgehead atoms. The topological polar surface area (TPSA) is 40.6 Å². The molecule has 0 unspecified atom stereocenters. The zero-order chi connectivity index (χ0) is 18.9. The average molecular weight is 451 g/mol. The van der Waals surface area contributed by atoms with Gasteiger partial charge in [-0.2, -0.15) is 0 Å². The predicted molar refractivity (Wildman–Crippen MR) is 113 cm³/mol. The van der Waals surface area contributed by atoms with Gasteiger partial charge in [-0.1, -0.05) is 35.2 Å². The first kappa shape index (κ1) is 19.3. The molecule has 0 atom stereocenters. The number of nitrogens with zero attached hydrogens (tertiary/aromatic N) is 2. The lowest BCUT2D eigenvalue weighted by molar-refractivity contribution is -0.138. The second-order valence-corrected chi connectivity index (χ2v) is 10.3.